The monoisotopic (exact) mass is 340 g/mol. The van der Waals surface area contributed by atoms with Crippen LogP contribution in [-0.4, -0.2) is 41.0 Å². The van der Waals surface area contributed by atoms with E-state index in [-0.39, 0.29) is 12.3 Å². The average molecular weight is 341 g/mol. The van der Waals surface area contributed by atoms with Crippen LogP contribution in [0, 0.1) is 6.92 Å². The molecule has 5 nitrogen and oxygen atoms in total. The fourth-order valence-electron chi connectivity index (χ4n) is 2.38. The van der Waals surface area contributed by atoms with Crippen LogP contribution in [0.4, 0.5) is 0 Å². The predicted octanol–water partition coefficient (Wildman–Crippen LogP) is 1.53. The molecule has 108 valence electrons. The molecule has 1 aliphatic heterocycles. The van der Waals surface area contributed by atoms with E-state index in [9.17, 15) is 9.59 Å². The van der Waals surface area contributed by atoms with Gasteiger partial charge < -0.3 is 10.4 Å². The van der Waals surface area contributed by atoms with Gasteiger partial charge in [0.05, 0.1) is 6.42 Å². The molecule has 2 N–H and O–H groups in total. The molecule has 0 radical (unpaired) electrons. The van der Waals surface area contributed by atoms with Crippen LogP contribution in [0.5, 0.6) is 0 Å². The number of benzene rings is 1. The standard InChI is InChI=1S/C14H17BrN2O3/c1-9-6-10(2-3-11(9)15)8-17-5-4-16-14(20)12(17)7-13(18)19/h2-3,6,12H,4-5,7-8H2,1H3,(H,16,20)(H,18,19). The Morgan fingerprint density at radius 3 is 2.95 bits per heavy atom. The highest BCUT2D eigenvalue weighted by Crippen LogP contribution is 2.20. The molecule has 1 unspecified atom stereocenters. The number of nitrogens with one attached hydrogen (secondary N) is 1. The normalized spacial score (nSPS) is 19.7. The zero-order valence-corrected chi connectivity index (χ0v) is 12.8. The SMILES string of the molecule is Cc1cc(CN2CCNC(=O)C2CC(=O)O)ccc1Br. The molecule has 0 spiro atoms. The van der Waals surface area contributed by atoms with Gasteiger partial charge in [0.2, 0.25) is 5.91 Å². The van der Waals surface area contributed by atoms with Gasteiger partial charge in [-0.15, -0.1) is 0 Å². The van der Waals surface area contributed by atoms with Crippen molar-refractivity contribution in [1.82, 2.24) is 10.2 Å². The second kappa shape index (κ2) is 6.37. The molecule has 1 saturated heterocycles. The third-order valence-electron chi connectivity index (χ3n) is 3.42. The van der Waals surface area contributed by atoms with Crippen molar-refractivity contribution < 1.29 is 14.7 Å². The van der Waals surface area contributed by atoms with E-state index in [0.717, 1.165) is 15.6 Å². The molecule has 1 heterocycles. The summed E-state index contributed by atoms with van der Waals surface area (Å²) in [5.74, 6) is -1.16. The van der Waals surface area contributed by atoms with Crippen molar-refractivity contribution in [3.8, 4) is 0 Å². The van der Waals surface area contributed by atoms with Gasteiger partial charge in [-0.25, -0.2) is 0 Å². The quantitative estimate of drug-likeness (QED) is 0.872. The van der Waals surface area contributed by atoms with Crippen LogP contribution < -0.4 is 5.32 Å². The zero-order valence-electron chi connectivity index (χ0n) is 11.2. The summed E-state index contributed by atoms with van der Waals surface area (Å²) in [6, 6.07) is 5.42. The van der Waals surface area contributed by atoms with Gasteiger partial charge in [-0.2, -0.15) is 0 Å². The minimum atomic E-state index is -0.955. The lowest BCUT2D eigenvalue weighted by atomic mass is 10.1. The van der Waals surface area contributed by atoms with Crippen LogP contribution in [0.25, 0.3) is 0 Å². The Morgan fingerprint density at radius 1 is 1.55 bits per heavy atom. The Bertz CT molecular complexity index is 533. The highest BCUT2D eigenvalue weighted by molar-refractivity contribution is 9.10. The largest absolute Gasteiger partial charge is 0.481 e. The van der Waals surface area contributed by atoms with Gasteiger partial charge >= 0.3 is 5.97 Å². The Labute approximate surface area is 126 Å². The van der Waals surface area contributed by atoms with Gasteiger partial charge in [-0.3, -0.25) is 14.5 Å². The molecule has 0 bridgehead atoms. The maximum absolute atomic E-state index is 11.8. The first-order valence-corrected chi connectivity index (χ1v) is 7.25. The average Bonchev–Trinajstić information content (AvgIpc) is 2.38. The number of amides is 1. The minimum Gasteiger partial charge on any atom is -0.481 e. The molecule has 1 aliphatic rings. The van der Waals surface area contributed by atoms with Gasteiger partial charge in [0.1, 0.15) is 6.04 Å². The smallest absolute Gasteiger partial charge is 0.305 e. The molecule has 1 amide bonds. The van der Waals surface area contributed by atoms with Crippen LogP contribution >= 0.6 is 15.9 Å². The molecular formula is C14H17BrN2O3. The van der Waals surface area contributed by atoms with Crippen molar-refractivity contribution in [2.24, 2.45) is 0 Å². The van der Waals surface area contributed by atoms with Gasteiger partial charge in [0.25, 0.3) is 0 Å². The van der Waals surface area contributed by atoms with Crippen molar-refractivity contribution in [2.75, 3.05) is 13.1 Å². The number of halogens is 1. The van der Waals surface area contributed by atoms with Gasteiger partial charge in [0, 0.05) is 24.1 Å². The first-order chi connectivity index (χ1) is 9.47. The molecule has 0 aliphatic carbocycles. The van der Waals surface area contributed by atoms with E-state index in [4.69, 9.17) is 5.11 Å². The highest BCUT2D eigenvalue weighted by Gasteiger charge is 2.31. The molecule has 1 aromatic rings. The van der Waals surface area contributed by atoms with Gasteiger partial charge in [-0.05, 0) is 24.1 Å². The molecule has 0 saturated carbocycles. The number of nitrogens with zero attached hydrogens (tertiary/aromatic N) is 1. The fourth-order valence-corrected chi connectivity index (χ4v) is 2.62. The molecule has 2 rings (SSSR count). The number of carbonyl (C=O) groups excluding carboxylic acids is 1. The molecule has 20 heavy (non-hydrogen) atoms. The molecule has 0 aromatic heterocycles. The summed E-state index contributed by atoms with van der Waals surface area (Å²) in [5.41, 5.74) is 2.20. The van der Waals surface area contributed by atoms with Crippen LogP contribution in [0.15, 0.2) is 22.7 Å². The topological polar surface area (TPSA) is 69.6 Å². The van der Waals surface area contributed by atoms with Crippen LogP contribution in [0.3, 0.4) is 0 Å². The summed E-state index contributed by atoms with van der Waals surface area (Å²) in [7, 11) is 0. The number of carbonyl (C=O) groups is 2. The Hall–Kier alpha value is -1.40. The second-order valence-electron chi connectivity index (χ2n) is 4.96. The van der Waals surface area contributed by atoms with E-state index in [1.54, 1.807) is 0 Å². The summed E-state index contributed by atoms with van der Waals surface area (Å²) in [4.78, 5) is 24.7. The molecule has 1 aromatic carbocycles. The number of hydrogen-bond donors (Lipinski definition) is 2. The van der Waals surface area contributed by atoms with E-state index < -0.39 is 12.0 Å². The minimum absolute atomic E-state index is 0.165. The number of carboxylic acids is 1. The van der Waals surface area contributed by atoms with E-state index >= 15 is 0 Å². The zero-order chi connectivity index (χ0) is 14.7. The van der Waals surface area contributed by atoms with Crippen molar-refractivity contribution in [1.29, 1.82) is 0 Å². The number of aliphatic carboxylic acids is 1. The highest BCUT2D eigenvalue weighted by atomic mass is 79.9. The van der Waals surface area contributed by atoms with Crippen molar-refractivity contribution in [2.45, 2.75) is 25.9 Å². The summed E-state index contributed by atoms with van der Waals surface area (Å²) in [6.07, 6.45) is -0.165. The van der Waals surface area contributed by atoms with Crippen LogP contribution in [0.2, 0.25) is 0 Å². The van der Waals surface area contributed by atoms with Crippen LogP contribution in [-0.2, 0) is 16.1 Å². The lowest BCUT2D eigenvalue weighted by molar-refractivity contribution is -0.143. The number of rotatable bonds is 4. The fraction of sp³-hybridized carbons (Fsp3) is 0.429. The molecule has 6 heteroatoms. The summed E-state index contributed by atoms with van der Waals surface area (Å²) < 4.78 is 1.04. The second-order valence-corrected chi connectivity index (χ2v) is 5.81. The molecular weight excluding hydrogens is 324 g/mol. The summed E-state index contributed by atoms with van der Waals surface area (Å²) in [5, 5.41) is 11.7. The van der Waals surface area contributed by atoms with Crippen LogP contribution in [0.1, 0.15) is 17.5 Å². The van der Waals surface area contributed by atoms with E-state index in [2.05, 4.69) is 27.3 Å². The van der Waals surface area contributed by atoms with Crippen molar-refractivity contribution in [3.05, 3.63) is 33.8 Å². The van der Waals surface area contributed by atoms with E-state index in [1.165, 1.54) is 0 Å². The Balaban J connectivity index is 2.13. The molecule has 1 atom stereocenters. The number of aryl methyl sites for hydroxylation is 1. The lowest BCUT2D eigenvalue weighted by Gasteiger charge is -2.34. The number of carboxylic acid groups (broad SMARTS) is 1. The van der Waals surface area contributed by atoms with Crippen molar-refractivity contribution in [3.63, 3.8) is 0 Å². The van der Waals surface area contributed by atoms with Gasteiger partial charge in [-0.1, -0.05) is 28.1 Å². The van der Waals surface area contributed by atoms with E-state index in [1.807, 2.05) is 24.0 Å². The maximum atomic E-state index is 11.8. The third-order valence-corrected chi connectivity index (χ3v) is 4.31. The maximum Gasteiger partial charge on any atom is 0.305 e. The first kappa shape index (κ1) is 15.0. The molecule has 1 fully saturated rings. The van der Waals surface area contributed by atoms with Crippen molar-refractivity contribution >= 4 is 27.8 Å². The Kier molecular flexibility index (Phi) is 4.77. The Morgan fingerprint density at radius 2 is 2.30 bits per heavy atom. The van der Waals surface area contributed by atoms with E-state index in [0.29, 0.717) is 19.6 Å². The number of hydrogen-bond acceptors (Lipinski definition) is 3. The summed E-state index contributed by atoms with van der Waals surface area (Å²) >= 11 is 3.45. The predicted molar refractivity (Wildman–Crippen MR) is 78.3 cm³/mol. The van der Waals surface area contributed by atoms with Gasteiger partial charge in [0.15, 0.2) is 0 Å². The lowest BCUT2D eigenvalue weighted by Crippen LogP contribution is -2.55. The summed E-state index contributed by atoms with van der Waals surface area (Å²) in [6.45, 7) is 3.81. The number of piperazine rings is 1. The first-order valence-electron chi connectivity index (χ1n) is 6.46. The third kappa shape index (κ3) is 3.58.